The lowest BCUT2D eigenvalue weighted by Gasteiger charge is -2.38. The molecule has 0 bridgehead atoms. The highest BCUT2D eigenvalue weighted by molar-refractivity contribution is 5.84. The first kappa shape index (κ1) is 29.2. The third kappa shape index (κ3) is 6.43. The maximum Gasteiger partial charge on any atom is 0.433 e. The van der Waals surface area contributed by atoms with Crippen molar-refractivity contribution >= 4 is 28.9 Å². The highest BCUT2D eigenvalue weighted by atomic mass is 19.4. The van der Waals surface area contributed by atoms with Gasteiger partial charge in [-0.2, -0.15) is 13.2 Å². The van der Waals surface area contributed by atoms with Crippen LogP contribution in [0.1, 0.15) is 45.0 Å². The van der Waals surface area contributed by atoms with Crippen LogP contribution in [0.4, 0.5) is 34.1 Å². The molecule has 5 rings (SSSR count). The Bertz CT molecular complexity index is 1590. The number of aromatic amines is 1. The van der Waals surface area contributed by atoms with Gasteiger partial charge in [-0.25, -0.2) is 29.1 Å². The maximum absolute atomic E-state index is 15.4. The lowest BCUT2D eigenvalue weighted by Crippen LogP contribution is -2.50. The lowest BCUT2D eigenvalue weighted by atomic mass is 10.1. The summed E-state index contributed by atoms with van der Waals surface area (Å²) in [5.41, 5.74) is -0.767. The van der Waals surface area contributed by atoms with Crippen LogP contribution in [0.25, 0.3) is 22.3 Å². The number of fused-ring (bicyclic) bond motifs is 1. The van der Waals surface area contributed by atoms with Crippen molar-refractivity contribution < 1.29 is 27.1 Å². The number of alkyl halides is 3. The fraction of sp³-hybridized carbons (Fsp3) is 0.393. The summed E-state index contributed by atoms with van der Waals surface area (Å²) in [6.07, 6.45) is -2.60. The van der Waals surface area contributed by atoms with Crippen molar-refractivity contribution in [3.8, 4) is 11.3 Å². The summed E-state index contributed by atoms with van der Waals surface area (Å²) >= 11 is 0. The van der Waals surface area contributed by atoms with Gasteiger partial charge in [-0.3, -0.25) is 4.90 Å². The molecule has 0 spiro atoms. The molecule has 0 aliphatic carbocycles. The average molecular weight is 587 g/mol. The molecule has 1 fully saturated rings. The third-order valence-corrected chi connectivity index (χ3v) is 6.86. The van der Waals surface area contributed by atoms with E-state index in [1.807, 2.05) is 32.9 Å². The van der Waals surface area contributed by atoms with Crippen molar-refractivity contribution in [3.63, 3.8) is 0 Å². The first-order valence-electron chi connectivity index (χ1n) is 13.3. The van der Waals surface area contributed by atoms with Gasteiger partial charge >= 0.3 is 12.3 Å². The van der Waals surface area contributed by atoms with Crippen LogP contribution >= 0.6 is 0 Å². The highest BCUT2D eigenvalue weighted by Gasteiger charge is 2.33. The van der Waals surface area contributed by atoms with Crippen LogP contribution < -0.4 is 5.32 Å². The fourth-order valence-corrected chi connectivity index (χ4v) is 4.69. The number of benzene rings is 1. The van der Waals surface area contributed by atoms with Crippen LogP contribution in [0.5, 0.6) is 0 Å². The van der Waals surface area contributed by atoms with Crippen LogP contribution in [0.3, 0.4) is 0 Å². The Morgan fingerprint density at radius 1 is 1.05 bits per heavy atom. The van der Waals surface area contributed by atoms with Gasteiger partial charge in [-0.05, 0) is 63.6 Å². The number of nitrogens with one attached hydrogen (secondary N) is 2. The van der Waals surface area contributed by atoms with E-state index in [9.17, 15) is 18.0 Å². The molecule has 42 heavy (non-hydrogen) atoms. The number of anilines is 2. The minimum absolute atomic E-state index is 0.00884. The molecule has 0 saturated carbocycles. The molecule has 14 heteroatoms. The maximum atomic E-state index is 15.4. The fourth-order valence-electron chi connectivity index (χ4n) is 4.69. The zero-order chi connectivity index (χ0) is 30.2. The van der Waals surface area contributed by atoms with E-state index in [1.165, 1.54) is 12.1 Å². The number of rotatable bonds is 5. The Hall–Kier alpha value is -4.33. The number of imidazole rings is 1. The second-order valence-electron chi connectivity index (χ2n) is 11.0. The smallest absolute Gasteiger partial charge is 0.433 e. The molecule has 1 saturated heterocycles. The summed E-state index contributed by atoms with van der Waals surface area (Å²) in [5.74, 6) is -0.110. The van der Waals surface area contributed by atoms with E-state index in [1.54, 1.807) is 11.1 Å². The van der Waals surface area contributed by atoms with Crippen LogP contribution in [-0.2, 0) is 10.9 Å². The summed E-state index contributed by atoms with van der Waals surface area (Å²) in [5, 5.41) is 3.04. The molecule has 1 unspecified atom stereocenters. The van der Waals surface area contributed by atoms with Crippen LogP contribution in [0, 0.1) is 5.82 Å². The largest absolute Gasteiger partial charge is 0.444 e. The first-order valence-corrected chi connectivity index (χ1v) is 13.3. The van der Waals surface area contributed by atoms with Crippen molar-refractivity contribution in [2.45, 2.75) is 45.5 Å². The number of ether oxygens (including phenoxy) is 1. The van der Waals surface area contributed by atoms with Gasteiger partial charge in [0.1, 0.15) is 29.0 Å². The molecular formula is C28H30F4N8O2. The van der Waals surface area contributed by atoms with Gasteiger partial charge in [0.25, 0.3) is 0 Å². The third-order valence-electron chi connectivity index (χ3n) is 6.86. The van der Waals surface area contributed by atoms with E-state index in [0.29, 0.717) is 38.1 Å². The molecule has 1 aliphatic heterocycles. The number of H-pyrrole nitrogens is 1. The van der Waals surface area contributed by atoms with Crippen molar-refractivity contribution in [1.82, 2.24) is 34.7 Å². The van der Waals surface area contributed by atoms with E-state index >= 15 is 4.39 Å². The normalized spacial score (nSPS) is 15.6. The predicted octanol–water partition coefficient (Wildman–Crippen LogP) is 5.93. The number of hydrogen-bond acceptors (Lipinski definition) is 8. The quantitative estimate of drug-likeness (QED) is 0.277. The van der Waals surface area contributed by atoms with Gasteiger partial charge in [0, 0.05) is 44.0 Å². The van der Waals surface area contributed by atoms with E-state index in [4.69, 9.17) is 4.74 Å². The summed E-state index contributed by atoms with van der Waals surface area (Å²) in [7, 11) is 0. The van der Waals surface area contributed by atoms with E-state index in [2.05, 4.69) is 42.1 Å². The number of carbonyl (C=O) groups is 1. The number of nitrogens with zero attached hydrogens (tertiary/aromatic N) is 6. The molecule has 1 amide bonds. The Morgan fingerprint density at radius 3 is 2.48 bits per heavy atom. The van der Waals surface area contributed by atoms with Gasteiger partial charge in [-0.1, -0.05) is 0 Å². The Balaban J connectivity index is 1.29. The molecule has 4 aromatic rings. The molecule has 1 atom stereocenters. The molecular weight excluding hydrogens is 556 g/mol. The Kier molecular flexibility index (Phi) is 7.75. The highest BCUT2D eigenvalue weighted by Crippen LogP contribution is 2.32. The molecule has 1 aromatic carbocycles. The van der Waals surface area contributed by atoms with Crippen molar-refractivity contribution in [1.29, 1.82) is 0 Å². The van der Waals surface area contributed by atoms with Gasteiger partial charge in [0.15, 0.2) is 5.82 Å². The SMILES string of the molecule is CC(c1ccnc(Nc2nc3ccc(-c4cc(C(F)(F)F)ncn4)c(F)c3[nH]2)c1)N1CCN(C(=O)OC(C)(C)C)CC1. The number of pyridine rings is 1. The Labute approximate surface area is 239 Å². The number of hydrogen-bond donors (Lipinski definition) is 2. The summed E-state index contributed by atoms with van der Waals surface area (Å²) < 4.78 is 60.1. The number of amides is 1. The van der Waals surface area contributed by atoms with E-state index < -0.39 is 23.3 Å². The predicted molar refractivity (Wildman–Crippen MR) is 147 cm³/mol. The average Bonchev–Trinajstić information content (AvgIpc) is 3.35. The molecule has 4 heterocycles. The first-order chi connectivity index (χ1) is 19.8. The number of aromatic nitrogens is 5. The van der Waals surface area contributed by atoms with Gasteiger partial charge in [0.2, 0.25) is 5.95 Å². The molecule has 1 aliphatic rings. The van der Waals surface area contributed by atoms with E-state index in [0.717, 1.165) is 11.9 Å². The van der Waals surface area contributed by atoms with Gasteiger partial charge in [-0.15, -0.1) is 0 Å². The Morgan fingerprint density at radius 2 is 1.79 bits per heavy atom. The van der Waals surface area contributed by atoms with Gasteiger partial charge < -0.3 is 19.9 Å². The topological polar surface area (TPSA) is 112 Å². The second kappa shape index (κ2) is 11.2. The summed E-state index contributed by atoms with van der Waals surface area (Å²) in [6.45, 7) is 10.0. The molecule has 10 nitrogen and oxygen atoms in total. The summed E-state index contributed by atoms with van der Waals surface area (Å²) in [6, 6.07) is 7.31. The molecule has 222 valence electrons. The number of carbonyl (C=O) groups excluding carboxylic acids is 1. The zero-order valence-electron chi connectivity index (χ0n) is 23.5. The molecule has 3 aromatic heterocycles. The van der Waals surface area contributed by atoms with Crippen molar-refractivity contribution in [3.05, 3.63) is 59.9 Å². The van der Waals surface area contributed by atoms with Crippen LogP contribution in [0.15, 0.2) is 42.9 Å². The number of halogens is 4. The number of piperazine rings is 1. The monoisotopic (exact) mass is 586 g/mol. The zero-order valence-corrected chi connectivity index (χ0v) is 23.5. The van der Waals surface area contributed by atoms with E-state index in [-0.39, 0.29) is 40.4 Å². The minimum Gasteiger partial charge on any atom is -0.444 e. The second-order valence-corrected chi connectivity index (χ2v) is 11.0. The minimum atomic E-state index is -4.68. The van der Waals surface area contributed by atoms with Crippen LogP contribution in [0.2, 0.25) is 0 Å². The van der Waals surface area contributed by atoms with Crippen molar-refractivity contribution in [2.24, 2.45) is 0 Å². The lowest BCUT2D eigenvalue weighted by molar-refractivity contribution is -0.141. The molecule has 0 radical (unpaired) electrons. The van der Waals surface area contributed by atoms with Gasteiger partial charge in [0.05, 0.1) is 11.2 Å². The summed E-state index contributed by atoms with van der Waals surface area (Å²) in [4.78, 5) is 35.0. The standard InChI is InChI=1S/C28H30F4N8O2/c1-16(39-9-11-40(12-10-39)26(41)42-27(2,3)4)17-7-8-33-22(13-17)37-25-36-19-6-5-18(23(29)24(19)38-25)20-14-21(28(30,31)32)35-15-34-20/h5-8,13-16H,9-12H2,1-4H3,(H2,33,36,37,38). The van der Waals surface area contributed by atoms with Crippen LogP contribution in [-0.4, -0.2) is 72.6 Å². The molecule has 2 N–H and O–H groups in total. The van der Waals surface area contributed by atoms with Crippen molar-refractivity contribution in [2.75, 3.05) is 31.5 Å².